The lowest BCUT2D eigenvalue weighted by molar-refractivity contribution is -0.124. The highest BCUT2D eigenvalue weighted by molar-refractivity contribution is 5.98. The number of benzene rings is 2. The molecular weight excluding hydrogens is 596 g/mol. The molecule has 12 nitrogen and oxygen atoms in total. The van der Waals surface area contributed by atoms with Crippen LogP contribution in [0.15, 0.2) is 73.6 Å². The maximum atomic E-state index is 13.1. The minimum absolute atomic E-state index is 0.0931. The predicted molar refractivity (Wildman–Crippen MR) is 180 cm³/mol. The Balaban J connectivity index is 1.25. The molecular formula is C35H44N8O4. The van der Waals surface area contributed by atoms with E-state index in [0.29, 0.717) is 43.5 Å². The number of nitrogens with one attached hydrogen (secondary N) is 6. The number of rotatable bonds is 16. The van der Waals surface area contributed by atoms with Gasteiger partial charge in [-0.05, 0) is 53.6 Å². The molecule has 2 aromatic carbocycles. The molecule has 0 saturated carbocycles. The number of carbonyl (C=O) groups is 4. The van der Waals surface area contributed by atoms with Crippen molar-refractivity contribution in [2.75, 3.05) is 13.1 Å². The van der Waals surface area contributed by atoms with Crippen LogP contribution in [0.2, 0.25) is 0 Å². The summed E-state index contributed by atoms with van der Waals surface area (Å²) in [5.41, 5.74) is 4.39. The summed E-state index contributed by atoms with van der Waals surface area (Å²) in [7, 11) is 0. The molecule has 12 heteroatoms. The van der Waals surface area contributed by atoms with Crippen molar-refractivity contribution < 1.29 is 19.2 Å². The van der Waals surface area contributed by atoms with Crippen LogP contribution in [-0.4, -0.2) is 68.7 Å². The summed E-state index contributed by atoms with van der Waals surface area (Å²) in [6, 6.07) is 12.7. The molecule has 0 aliphatic rings. The number of amides is 4. The summed E-state index contributed by atoms with van der Waals surface area (Å²) in [5, 5.41) is 11.6. The second-order valence-electron chi connectivity index (χ2n) is 11.7. The van der Waals surface area contributed by atoms with Gasteiger partial charge in [0.05, 0.1) is 36.4 Å². The van der Waals surface area contributed by atoms with E-state index in [1.165, 1.54) is 0 Å². The zero-order valence-electron chi connectivity index (χ0n) is 27.3. The van der Waals surface area contributed by atoms with Gasteiger partial charge in [-0.25, -0.2) is 9.97 Å². The van der Waals surface area contributed by atoms with E-state index in [1.807, 2.05) is 52.0 Å². The van der Waals surface area contributed by atoms with Crippen molar-refractivity contribution in [3.8, 4) is 22.5 Å². The third-order valence-corrected chi connectivity index (χ3v) is 8.43. The zero-order chi connectivity index (χ0) is 33.8. The normalized spacial score (nSPS) is 13.5. The number of imidazole rings is 2. The highest BCUT2D eigenvalue weighted by atomic mass is 16.2. The second-order valence-corrected chi connectivity index (χ2v) is 11.7. The number of hydrogen-bond acceptors (Lipinski definition) is 6. The molecule has 0 radical (unpaired) electrons. The molecule has 2 heterocycles. The molecule has 0 fully saturated rings. The van der Waals surface area contributed by atoms with E-state index < -0.39 is 12.1 Å². The maximum absolute atomic E-state index is 13.1. The van der Waals surface area contributed by atoms with Gasteiger partial charge in [0.2, 0.25) is 11.8 Å². The Kier molecular flexibility index (Phi) is 12.4. The van der Waals surface area contributed by atoms with Crippen molar-refractivity contribution in [1.29, 1.82) is 0 Å². The predicted octanol–water partition coefficient (Wildman–Crippen LogP) is 4.08. The van der Waals surface area contributed by atoms with Crippen molar-refractivity contribution in [2.24, 2.45) is 11.8 Å². The number of nitrogens with zero attached hydrogens (tertiary/aromatic N) is 2. The summed E-state index contributed by atoms with van der Waals surface area (Å²) in [5.74, 6) is -1.41. The fraction of sp³-hybridized carbons (Fsp3) is 0.371. The number of hydrogen-bond donors (Lipinski definition) is 6. The maximum Gasteiger partial charge on any atom is 0.251 e. The van der Waals surface area contributed by atoms with E-state index in [9.17, 15) is 19.2 Å². The minimum atomic E-state index is -0.715. The number of carbonyl (C=O) groups excluding carboxylic acids is 4. The fourth-order valence-corrected chi connectivity index (χ4v) is 5.01. The highest BCUT2D eigenvalue weighted by Gasteiger charge is 2.27. The first-order valence-electron chi connectivity index (χ1n) is 16.1. The molecule has 6 N–H and O–H groups in total. The summed E-state index contributed by atoms with van der Waals surface area (Å²) >= 11 is 0. The Morgan fingerprint density at radius 3 is 1.34 bits per heavy atom. The molecule has 0 bridgehead atoms. The summed E-state index contributed by atoms with van der Waals surface area (Å²) in [6.45, 7) is 8.39. The van der Waals surface area contributed by atoms with Gasteiger partial charge in [-0.15, -0.1) is 0 Å². The Morgan fingerprint density at radius 1 is 0.638 bits per heavy atom. The summed E-state index contributed by atoms with van der Waals surface area (Å²) < 4.78 is 0. The third-order valence-electron chi connectivity index (χ3n) is 8.43. The average Bonchev–Trinajstić information content (AvgIpc) is 3.84. The molecule has 0 spiro atoms. The largest absolute Gasteiger partial charge is 0.354 e. The van der Waals surface area contributed by atoms with Crippen molar-refractivity contribution >= 4 is 23.6 Å². The first-order chi connectivity index (χ1) is 22.7. The second kappa shape index (κ2) is 16.9. The van der Waals surface area contributed by atoms with Gasteiger partial charge in [-0.2, -0.15) is 0 Å². The Morgan fingerprint density at radius 2 is 1.02 bits per heavy atom. The monoisotopic (exact) mass is 640 g/mol. The molecule has 47 heavy (non-hydrogen) atoms. The minimum Gasteiger partial charge on any atom is -0.354 e. The van der Waals surface area contributed by atoms with Crippen LogP contribution >= 0.6 is 0 Å². The average molecular weight is 641 g/mol. The van der Waals surface area contributed by atoms with Crippen LogP contribution in [0.25, 0.3) is 22.5 Å². The zero-order valence-corrected chi connectivity index (χ0v) is 27.3. The number of aromatic amines is 2. The van der Waals surface area contributed by atoms with Crippen molar-refractivity contribution in [3.63, 3.8) is 0 Å². The van der Waals surface area contributed by atoms with E-state index >= 15 is 0 Å². The van der Waals surface area contributed by atoms with E-state index in [1.54, 1.807) is 49.3 Å². The van der Waals surface area contributed by atoms with Crippen LogP contribution in [0.4, 0.5) is 0 Å². The summed E-state index contributed by atoms with van der Waals surface area (Å²) in [6.07, 6.45) is 8.47. The van der Waals surface area contributed by atoms with Gasteiger partial charge in [0, 0.05) is 24.2 Å². The fourth-order valence-electron chi connectivity index (χ4n) is 5.01. The van der Waals surface area contributed by atoms with Gasteiger partial charge < -0.3 is 31.2 Å². The smallest absolute Gasteiger partial charge is 0.251 e. The lowest BCUT2D eigenvalue weighted by Gasteiger charge is -2.24. The van der Waals surface area contributed by atoms with Crippen molar-refractivity contribution in [1.82, 2.24) is 41.2 Å². The van der Waals surface area contributed by atoms with Crippen LogP contribution < -0.4 is 21.3 Å². The van der Waals surface area contributed by atoms with E-state index in [2.05, 4.69) is 41.2 Å². The third kappa shape index (κ3) is 9.38. The van der Waals surface area contributed by atoms with Gasteiger partial charge in [0.25, 0.3) is 11.8 Å². The van der Waals surface area contributed by atoms with Gasteiger partial charge >= 0.3 is 0 Å². The molecule has 0 aliphatic carbocycles. The quantitative estimate of drug-likeness (QED) is 0.101. The molecule has 4 aromatic rings. The molecule has 248 valence electrons. The van der Waals surface area contributed by atoms with Crippen LogP contribution in [-0.2, 0) is 9.59 Å². The first-order valence-corrected chi connectivity index (χ1v) is 16.1. The summed E-state index contributed by atoms with van der Waals surface area (Å²) in [4.78, 5) is 66.4. The van der Waals surface area contributed by atoms with Crippen molar-refractivity contribution in [2.45, 2.75) is 59.0 Å². The Labute approximate surface area is 275 Å². The van der Waals surface area contributed by atoms with Gasteiger partial charge in [0.15, 0.2) is 0 Å². The van der Waals surface area contributed by atoms with E-state index in [0.717, 1.165) is 22.5 Å². The molecule has 4 atom stereocenters. The van der Waals surface area contributed by atoms with Crippen LogP contribution in [0.5, 0.6) is 0 Å². The van der Waals surface area contributed by atoms with Crippen LogP contribution in [0.1, 0.15) is 67.7 Å². The van der Waals surface area contributed by atoms with Gasteiger partial charge in [-0.3, -0.25) is 19.2 Å². The SMILES string of the molecule is CCC(C)[C@H](NC(=O)c1ccc(-c2cnc[nH]2)cc1)C(=O)NCCCNC(=O)[C@@H](NC(=O)c1ccc(-c2cnc[nH]2)cc1)C(C)CC. The lowest BCUT2D eigenvalue weighted by atomic mass is 9.97. The van der Waals surface area contributed by atoms with Gasteiger partial charge in [-0.1, -0.05) is 64.8 Å². The van der Waals surface area contributed by atoms with E-state index in [4.69, 9.17) is 0 Å². The van der Waals surface area contributed by atoms with Crippen LogP contribution in [0.3, 0.4) is 0 Å². The molecule has 0 saturated heterocycles. The molecule has 4 rings (SSSR count). The van der Waals surface area contributed by atoms with E-state index in [-0.39, 0.29) is 35.5 Å². The lowest BCUT2D eigenvalue weighted by Crippen LogP contribution is -2.51. The molecule has 4 amide bonds. The molecule has 2 aromatic heterocycles. The number of H-pyrrole nitrogens is 2. The first kappa shape index (κ1) is 34.6. The van der Waals surface area contributed by atoms with Gasteiger partial charge in [0.1, 0.15) is 12.1 Å². The molecule has 2 unspecified atom stereocenters. The Hall–Kier alpha value is -5.26. The topological polar surface area (TPSA) is 174 Å². The number of aromatic nitrogens is 4. The highest BCUT2D eigenvalue weighted by Crippen LogP contribution is 2.18. The Bertz CT molecular complexity index is 1470. The molecule has 0 aliphatic heterocycles. The van der Waals surface area contributed by atoms with Crippen molar-refractivity contribution in [3.05, 3.63) is 84.7 Å². The standard InChI is InChI=1S/C35H44N8O4/c1-5-22(3)30(42-32(44)26-12-8-24(9-13-26)28-18-36-20-40-28)34(46)38-16-7-17-39-35(47)31(23(4)6-2)43-33(45)27-14-10-25(11-15-27)29-19-37-21-41-29/h8-15,18-23,30-31H,5-7,16-17H2,1-4H3,(H,36,40)(H,37,41)(H,38,46)(H,39,47)(H,42,44)(H,43,45)/t22?,23?,30-,31-/m0/s1. The van der Waals surface area contributed by atoms with Crippen LogP contribution in [0, 0.1) is 11.8 Å².